The first-order valence-electron chi connectivity index (χ1n) is 6.78. The summed E-state index contributed by atoms with van der Waals surface area (Å²) in [4.78, 5) is 27.0. The van der Waals surface area contributed by atoms with Gasteiger partial charge >= 0.3 is 12.0 Å². The molecule has 7 heteroatoms. The summed E-state index contributed by atoms with van der Waals surface area (Å²) in [5.41, 5.74) is 3.72. The molecule has 0 aliphatic carbocycles. The Labute approximate surface area is 132 Å². The Morgan fingerprint density at radius 3 is 2.77 bits per heavy atom. The third-order valence-corrected chi connectivity index (χ3v) is 3.67. The molecule has 0 saturated carbocycles. The van der Waals surface area contributed by atoms with Crippen LogP contribution in [0, 0.1) is 0 Å². The topological polar surface area (TPSA) is 91.3 Å². The maximum Gasteiger partial charge on any atom is 0.324 e. The van der Waals surface area contributed by atoms with Crippen molar-refractivity contribution in [2.45, 2.75) is 26.2 Å². The lowest BCUT2D eigenvalue weighted by Crippen LogP contribution is -2.19. The van der Waals surface area contributed by atoms with Crippen LogP contribution in [-0.2, 0) is 11.2 Å². The molecule has 0 spiro atoms. The Balaban J connectivity index is 2.03. The normalized spacial score (nSPS) is 10.5. The summed E-state index contributed by atoms with van der Waals surface area (Å²) in [6.45, 7) is 4.01. The zero-order valence-corrected chi connectivity index (χ0v) is 13.1. The monoisotopic (exact) mass is 319 g/mol. The summed E-state index contributed by atoms with van der Waals surface area (Å²) in [6, 6.07) is 6.39. The summed E-state index contributed by atoms with van der Waals surface area (Å²) in [7, 11) is 0. The SMILES string of the molecule is CC(C)c1ncsc1NC(=O)Nc1cccc(CC(=O)O)c1. The Hall–Kier alpha value is -2.41. The van der Waals surface area contributed by atoms with Crippen molar-refractivity contribution in [3.63, 3.8) is 0 Å². The predicted molar refractivity (Wildman–Crippen MR) is 86.6 cm³/mol. The number of nitrogens with zero attached hydrogens (tertiary/aromatic N) is 1. The van der Waals surface area contributed by atoms with Crippen molar-refractivity contribution in [2.75, 3.05) is 10.6 Å². The van der Waals surface area contributed by atoms with Crippen LogP contribution in [0.4, 0.5) is 15.5 Å². The Morgan fingerprint density at radius 1 is 1.32 bits per heavy atom. The number of rotatable bonds is 5. The molecular formula is C15H17N3O3S. The number of carboxylic acids is 1. The van der Waals surface area contributed by atoms with Crippen molar-refractivity contribution in [3.8, 4) is 0 Å². The van der Waals surface area contributed by atoms with Gasteiger partial charge in [-0.1, -0.05) is 26.0 Å². The molecule has 0 unspecified atom stereocenters. The molecule has 1 heterocycles. The molecule has 22 heavy (non-hydrogen) atoms. The average Bonchev–Trinajstić information content (AvgIpc) is 2.86. The Kier molecular flexibility index (Phi) is 5.11. The Bertz CT molecular complexity index is 682. The molecule has 0 fully saturated rings. The Morgan fingerprint density at radius 2 is 2.09 bits per heavy atom. The molecule has 3 N–H and O–H groups in total. The standard InChI is InChI=1S/C15H17N3O3S/c1-9(2)13-14(22-8-16-13)18-15(21)17-11-5-3-4-10(6-11)7-12(19)20/h3-6,8-9H,7H2,1-2H3,(H,19,20)(H2,17,18,21). The summed E-state index contributed by atoms with van der Waals surface area (Å²) in [6.07, 6.45) is -0.0799. The van der Waals surface area contributed by atoms with E-state index in [1.165, 1.54) is 11.3 Å². The maximum atomic E-state index is 12.0. The number of nitrogens with one attached hydrogen (secondary N) is 2. The highest BCUT2D eigenvalue weighted by Gasteiger charge is 2.13. The number of hydrogen-bond donors (Lipinski definition) is 3. The van der Waals surface area contributed by atoms with Gasteiger partial charge in [0.1, 0.15) is 5.00 Å². The molecule has 0 bridgehead atoms. The van der Waals surface area contributed by atoms with Crippen molar-refractivity contribution in [1.82, 2.24) is 4.98 Å². The summed E-state index contributed by atoms with van der Waals surface area (Å²) in [5.74, 6) is -0.687. The van der Waals surface area contributed by atoms with Gasteiger partial charge in [-0.25, -0.2) is 9.78 Å². The van der Waals surface area contributed by atoms with Gasteiger partial charge in [0.15, 0.2) is 0 Å². The number of aliphatic carboxylic acids is 1. The second-order valence-electron chi connectivity index (χ2n) is 5.07. The van der Waals surface area contributed by atoms with Crippen LogP contribution in [0.3, 0.4) is 0 Å². The smallest absolute Gasteiger partial charge is 0.324 e. The van der Waals surface area contributed by atoms with E-state index in [1.54, 1.807) is 29.8 Å². The average molecular weight is 319 g/mol. The van der Waals surface area contributed by atoms with E-state index in [0.29, 0.717) is 16.3 Å². The molecule has 2 aromatic rings. The molecule has 116 valence electrons. The second kappa shape index (κ2) is 7.04. The lowest BCUT2D eigenvalue weighted by Gasteiger charge is -2.09. The highest BCUT2D eigenvalue weighted by Crippen LogP contribution is 2.27. The fraction of sp³-hybridized carbons (Fsp3) is 0.267. The van der Waals surface area contributed by atoms with Crippen LogP contribution in [0.5, 0.6) is 0 Å². The van der Waals surface area contributed by atoms with Gasteiger partial charge in [0.2, 0.25) is 0 Å². The number of carboxylic acid groups (broad SMARTS) is 1. The largest absolute Gasteiger partial charge is 0.481 e. The van der Waals surface area contributed by atoms with E-state index in [0.717, 1.165) is 5.69 Å². The van der Waals surface area contributed by atoms with Gasteiger partial charge in [-0.3, -0.25) is 10.1 Å². The number of carbonyl (C=O) groups excluding carboxylic acids is 1. The van der Waals surface area contributed by atoms with Crippen molar-refractivity contribution >= 4 is 34.0 Å². The molecule has 1 aromatic heterocycles. The molecular weight excluding hydrogens is 302 g/mol. The van der Waals surface area contributed by atoms with E-state index in [-0.39, 0.29) is 18.4 Å². The molecule has 0 atom stereocenters. The molecule has 1 aromatic carbocycles. The van der Waals surface area contributed by atoms with Crippen molar-refractivity contribution in [2.24, 2.45) is 0 Å². The minimum absolute atomic E-state index is 0.0799. The zero-order chi connectivity index (χ0) is 16.1. The molecule has 2 rings (SSSR count). The molecule has 0 saturated heterocycles. The van der Waals surface area contributed by atoms with Gasteiger partial charge in [0.25, 0.3) is 0 Å². The predicted octanol–water partition coefficient (Wildman–Crippen LogP) is 3.54. The zero-order valence-electron chi connectivity index (χ0n) is 12.3. The number of aromatic nitrogens is 1. The van der Waals surface area contributed by atoms with Crippen LogP contribution in [0.15, 0.2) is 29.8 Å². The molecule has 6 nitrogen and oxygen atoms in total. The van der Waals surface area contributed by atoms with Gasteiger partial charge in [-0.2, -0.15) is 0 Å². The number of amides is 2. The third-order valence-electron chi connectivity index (χ3n) is 2.91. The van der Waals surface area contributed by atoms with Crippen molar-refractivity contribution in [1.29, 1.82) is 0 Å². The first kappa shape index (κ1) is 16.0. The highest BCUT2D eigenvalue weighted by molar-refractivity contribution is 7.14. The number of hydrogen-bond acceptors (Lipinski definition) is 4. The molecule has 0 radical (unpaired) electrons. The van der Waals surface area contributed by atoms with Crippen molar-refractivity contribution < 1.29 is 14.7 Å². The van der Waals surface area contributed by atoms with Gasteiger partial charge in [0.05, 0.1) is 17.6 Å². The minimum atomic E-state index is -0.909. The number of anilines is 2. The van der Waals surface area contributed by atoms with Crippen LogP contribution >= 0.6 is 11.3 Å². The van der Waals surface area contributed by atoms with Crippen LogP contribution < -0.4 is 10.6 Å². The van der Waals surface area contributed by atoms with Gasteiger partial charge < -0.3 is 10.4 Å². The van der Waals surface area contributed by atoms with Crippen LogP contribution in [0.1, 0.15) is 31.0 Å². The molecule has 2 amide bonds. The third kappa shape index (κ3) is 4.29. The van der Waals surface area contributed by atoms with Gasteiger partial charge in [-0.05, 0) is 23.6 Å². The fourth-order valence-corrected chi connectivity index (χ4v) is 2.79. The first-order valence-corrected chi connectivity index (χ1v) is 7.65. The number of carbonyl (C=O) groups is 2. The lowest BCUT2D eigenvalue weighted by molar-refractivity contribution is -0.136. The van der Waals surface area contributed by atoms with E-state index in [9.17, 15) is 9.59 Å². The summed E-state index contributed by atoms with van der Waals surface area (Å²) < 4.78 is 0. The summed E-state index contributed by atoms with van der Waals surface area (Å²) in [5, 5.41) is 15.0. The number of urea groups is 1. The number of thiazole rings is 1. The van der Waals surface area contributed by atoms with Crippen molar-refractivity contribution in [3.05, 3.63) is 41.0 Å². The highest BCUT2D eigenvalue weighted by atomic mass is 32.1. The van der Waals surface area contributed by atoms with E-state index < -0.39 is 5.97 Å². The molecule has 0 aliphatic rings. The lowest BCUT2D eigenvalue weighted by atomic mass is 10.1. The number of benzene rings is 1. The molecule has 0 aliphatic heterocycles. The van der Waals surface area contributed by atoms with E-state index >= 15 is 0 Å². The van der Waals surface area contributed by atoms with E-state index in [2.05, 4.69) is 15.6 Å². The van der Waals surface area contributed by atoms with E-state index in [4.69, 9.17) is 5.11 Å². The fourth-order valence-electron chi connectivity index (χ4n) is 1.96. The van der Waals surface area contributed by atoms with Gasteiger partial charge in [-0.15, -0.1) is 11.3 Å². The first-order chi connectivity index (χ1) is 10.5. The quantitative estimate of drug-likeness (QED) is 0.786. The van der Waals surface area contributed by atoms with Crippen LogP contribution in [0.25, 0.3) is 0 Å². The maximum absolute atomic E-state index is 12.0. The summed E-state index contributed by atoms with van der Waals surface area (Å²) >= 11 is 1.37. The minimum Gasteiger partial charge on any atom is -0.481 e. The second-order valence-corrected chi connectivity index (χ2v) is 5.93. The van der Waals surface area contributed by atoms with E-state index in [1.807, 2.05) is 13.8 Å². The van der Waals surface area contributed by atoms with Gasteiger partial charge in [0, 0.05) is 5.69 Å². The van der Waals surface area contributed by atoms with Crippen LogP contribution in [-0.4, -0.2) is 22.1 Å². The van der Waals surface area contributed by atoms with Crippen LogP contribution in [0.2, 0.25) is 0 Å².